The summed E-state index contributed by atoms with van der Waals surface area (Å²) >= 11 is 0. The number of hydrogen-bond acceptors (Lipinski definition) is 1. The summed E-state index contributed by atoms with van der Waals surface area (Å²) in [5, 5.41) is 1.45. The molecule has 0 bridgehead atoms. The lowest BCUT2D eigenvalue weighted by Gasteiger charge is -2.13. The molecule has 0 saturated heterocycles. The van der Waals surface area contributed by atoms with Crippen LogP contribution in [0.5, 0.6) is 0 Å². The third-order valence-electron chi connectivity index (χ3n) is 2.66. The van der Waals surface area contributed by atoms with Crippen LogP contribution in [0.15, 0.2) is 6.07 Å². The maximum absolute atomic E-state index is 2.41. The van der Waals surface area contributed by atoms with Gasteiger partial charge in [0, 0.05) is 19.2 Å². The summed E-state index contributed by atoms with van der Waals surface area (Å²) in [5.74, 6) is 0. The third-order valence-corrected chi connectivity index (χ3v) is 2.66. The topological polar surface area (TPSA) is 6.25 Å². The molecule has 1 aromatic rings. The number of anilines is 1. The molecule has 74 valence electrons. The van der Waals surface area contributed by atoms with E-state index in [9.17, 15) is 0 Å². The molecule has 0 aliphatic carbocycles. The summed E-state index contributed by atoms with van der Waals surface area (Å²) in [6.45, 7) is 13.3. The van der Waals surface area contributed by atoms with Crippen molar-refractivity contribution in [2.24, 2.45) is 0 Å². The minimum absolute atomic E-state index is 1.12. The van der Waals surface area contributed by atoms with Crippen molar-refractivity contribution < 1.29 is 0 Å². The minimum atomic E-state index is 1.12. The Hall–Kier alpha value is -0.790. The molecule has 0 saturated carbocycles. The predicted molar refractivity (Wildman–Crippen MR) is 58.7 cm³/mol. The molecule has 1 rings (SSSR count). The van der Waals surface area contributed by atoms with Gasteiger partial charge in [-0.25, -0.2) is 4.58 Å². The van der Waals surface area contributed by atoms with Crippen LogP contribution >= 0.6 is 0 Å². The molecule has 0 spiro atoms. The smallest absolute Gasteiger partial charge is 0.226 e. The Morgan fingerprint density at radius 3 is 2.00 bits per heavy atom. The van der Waals surface area contributed by atoms with Gasteiger partial charge in [0.1, 0.15) is 18.8 Å². The van der Waals surface area contributed by atoms with Crippen LogP contribution in [0.2, 0.25) is 0 Å². The van der Waals surface area contributed by atoms with Crippen LogP contribution < -0.4 is 14.8 Å². The Morgan fingerprint density at radius 1 is 1.08 bits per heavy atom. The molecule has 0 radical (unpaired) electrons. The van der Waals surface area contributed by atoms with E-state index in [-0.39, 0.29) is 0 Å². The highest BCUT2D eigenvalue weighted by molar-refractivity contribution is 5.55. The van der Waals surface area contributed by atoms with Gasteiger partial charge in [0.05, 0.1) is 0 Å². The Labute approximate surface area is 81.2 Å². The molecule has 0 N–H and O–H groups in total. The van der Waals surface area contributed by atoms with Crippen molar-refractivity contribution in [3.63, 3.8) is 0 Å². The minimum Gasteiger partial charge on any atom is -0.367 e. The van der Waals surface area contributed by atoms with E-state index in [1.54, 1.807) is 0 Å². The molecule has 1 aromatic carbocycles. The third kappa shape index (κ3) is 2.11. The first kappa shape index (κ1) is 10.3. The zero-order valence-corrected chi connectivity index (χ0v) is 9.30. The van der Waals surface area contributed by atoms with Gasteiger partial charge in [-0.1, -0.05) is 0 Å². The SMILES string of the molecule is CCN(CC)c1cc1=[N+](CC)CC. The van der Waals surface area contributed by atoms with Crippen LogP contribution in [0, 0.1) is 0 Å². The van der Waals surface area contributed by atoms with Gasteiger partial charge in [-0.3, -0.25) is 0 Å². The van der Waals surface area contributed by atoms with Crippen molar-refractivity contribution in [3.8, 4) is 0 Å². The molecule has 0 aromatic heterocycles. The Kier molecular flexibility index (Phi) is 3.52. The first-order chi connectivity index (χ1) is 6.28. The van der Waals surface area contributed by atoms with Crippen molar-refractivity contribution in [1.29, 1.82) is 0 Å². The summed E-state index contributed by atoms with van der Waals surface area (Å²) < 4.78 is 2.41. The summed E-state index contributed by atoms with van der Waals surface area (Å²) in [7, 11) is 0. The first-order valence-corrected chi connectivity index (χ1v) is 5.37. The van der Waals surface area contributed by atoms with Gasteiger partial charge < -0.3 is 4.90 Å². The van der Waals surface area contributed by atoms with Gasteiger partial charge in [0.2, 0.25) is 5.36 Å². The largest absolute Gasteiger partial charge is 0.367 e. The second-order valence-electron chi connectivity index (χ2n) is 3.26. The second kappa shape index (κ2) is 4.45. The van der Waals surface area contributed by atoms with E-state index < -0.39 is 0 Å². The molecule has 0 unspecified atom stereocenters. The Balaban J connectivity index is 2.78. The van der Waals surface area contributed by atoms with Crippen LogP contribution in [0.25, 0.3) is 0 Å². The van der Waals surface area contributed by atoms with E-state index >= 15 is 0 Å². The maximum atomic E-state index is 2.41. The second-order valence-corrected chi connectivity index (χ2v) is 3.26. The molecule has 2 nitrogen and oxygen atoms in total. The molecular weight excluding hydrogens is 160 g/mol. The standard InChI is InChI=1S/C11H21N2/c1-5-12(6-2)10-9-11(10)13(7-3)8-4/h9H,5-8H2,1-4H3/q+1. The van der Waals surface area contributed by atoms with Crippen LogP contribution in [0.3, 0.4) is 0 Å². The van der Waals surface area contributed by atoms with E-state index in [0.717, 1.165) is 26.2 Å². The van der Waals surface area contributed by atoms with Crippen LogP contribution in [-0.2, 0) is 0 Å². The molecule has 13 heavy (non-hydrogen) atoms. The first-order valence-electron chi connectivity index (χ1n) is 5.37. The highest BCUT2D eigenvalue weighted by Gasteiger charge is 2.19. The van der Waals surface area contributed by atoms with E-state index in [0.29, 0.717) is 0 Å². The highest BCUT2D eigenvalue weighted by Crippen LogP contribution is 2.11. The summed E-state index contributed by atoms with van der Waals surface area (Å²) in [4.78, 5) is 2.41. The summed E-state index contributed by atoms with van der Waals surface area (Å²) in [5.41, 5.74) is 1.45. The average Bonchev–Trinajstić information content (AvgIpc) is 2.90. The van der Waals surface area contributed by atoms with Crippen molar-refractivity contribution >= 4 is 5.69 Å². The van der Waals surface area contributed by atoms with Crippen molar-refractivity contribution in [2.45, 2.75) is 27.7 Å². The van der Waals surface area contributed by atoms with Crippen LogP contribution in [-0.4, -0.2) is 26.2 Å². The van der Waals surface area contributed by atoms with E-state index in [2.05, 4.69) is 43.2 Å². The van der Waals surface area contributed by atoms with Gasteiger partial charge in [0.15, 0.2) is 0 Å². The van der Waals surface area contributed by atoms with E-state index in [4.69, 9.17) is 0 Å². The lowest BCUT2D eigenvalue weighted by atomic mass is 10.5. The molecule has 2 heteroatoms. The van der Waals surface area contributed by atoms with E-state index in [1.165, 1.54) is 11.0 Å². The predicted octanol–water partition coefficient (Wildman–Crippen LogP) is 1.22. The zero-order valence-electron chi connectivity index (χ0n) is 9.30. The molecular formula is C11H21N2+. The lowest BCUT2D eigenvalue weighted by Crippen LogP contribution is -2.28. The van der Waals surface area contributed by atoms with Crippen molar-refractivity contribution in [3.05, 3.63) is 11.4 Å². The monoisotopic (exact) mass is 181 g/mol. The van der Waals surface area contributed by atoms with Crippen molar-refractivity contribution in [2.75, 3.05) is 31.1 Å². The van der Waals surface area contributed by atoms with Gasteiger partial charge in [0.25, 0.3) is 0 Å². The fourth-order valence-electron chi connectivity index (χ4n) is 1.73. The Morgan fingerprint density at radius 2 is 1.62 bits per heavy atom. The summed E-state index contributed by atoms with van der Waals surface area (Å²) in [6.07, 6.45) is 0. The molecule has 0 aliphatic heterocycles. The zero-order chi connectivity index (χ0) is 9.84. The quantitative estimate of drug-likeness (QED) is 0.619. The van der Waals surface area contributed by atoms with Crippen molar-refractivity contribution in [1.82, 2.24) is 4.58 Å². The van der Waals surface area contributed by atoms with Crippen LogP contribution in [0.1, 0.15) is 27.7 Å². The number of rotatable bonds is 5. The lowest BCUT2D eigenvalue weighted by molar-refractivity contribution is 0.635. The summed E-state index contributed by atoms with van der Waals surface area (Å²) in [6, 6.07) is 2.29. The fraction of sp³-hybridized carbons (Fsp3) is 0.727. The Bertz CT molecular complexity index is 269. The fourth-order valence-corrected chi connectivity index (χ4v) is 1.73. The van der Waals surface area contributed by atoms with Gasteiger partial charge >= 0.3 is 0 Å². The highest BCUT2D eigenvalue weighted by atomic mass is 15.2. The van der Waals surface area contributed by atoms with Gasteiger partial charge in [-0.05, 0) is 27.7 Å². The normalized spacial score (nSPS) is 10.8. The number of hydrogen-bond donors (Lipinski definition) is 0. The average molecular weight is 181 g/mol. The van der Waals surface area contributed by atoms with E-state index in [1.807, 2.05) is 0 Å². The molecule has 0 heterocycles. The van der Waals surface area contributed by atoms with Gasteiger partial charge in [-0.2, -0.15) is 0 Å². The molecule has 0 fully saturated rings. The maximum Gasteiger partial charge on any atom is 0.226 e. The molecule has 0 atom stereocenters. The van der Waals surface area contributed by atoms with Crippen LogP contribution in [0.4, 0.5) is 5.69 Å². The molecule has 0 amide bonds. The molecule has 0 aliphatic rings. The number of nitrogens with zero attached hydrogens (tertiary/aromatic N) is 2. The van der Waals surface area contributed by atoms with Gasteiger partial charge in [-0.15, -0.1) is 0 Å².